The molecule has 2 heteroatoms. The zero-order valence-corrected chi connectivity index (χ0v) is 4.86. The average molecular weight is 103 g/mol. The zero-order chi connectivity index (χ0) is 4.99. The fourth-order valence-electron chi connectivity index (χ4n) is 0.236. The molecule has 0 aromatic carbocycles. The van der Waals surface area contributed by atoms with E-state index in [1.54, 1.807) is 0 Å². The molecule has 0 amide bonds. The Hall–Kier alpha value is -0.340. The summed E-state index contributed by atoms with van der Waals surface area (Å²) in [4.78, 5) is 0. The molecule has 0 radical (unpaired) electrons. The van der Waals surface area contributed by atoms with E-state index in [0.717, 1.165) is 0 Å². The van der Waals surface area contributed by atoms with Gasteiger partial charge in [-0.05, 0) is 13.8 Å². The van der Waals surface area contributed by atoms with E-state index in [4.69, 9.17) is 5.73 Å². The Bertz CT molecular complexity index is 55.1. The molecule has 0 unspecified atom stereocenters. The first-order valence-corrected chi connectivity index (χ1v) is 2.11. The summed E-state index contributed by atoms with van der Waals surface area (Å²) in [6, 6.07) is 0. The molecule has 0 heterocycles. The highest BCUT2D eigenvalue weighted by Crippen LogP contribution is 1.82. The first kappa shape index (κ1) is 9.83. The van der Waals surface area contributed by atoms with Crippen molar-refractivity contribution in [3.8, 4) is 0 Å². The van der Waals surface area contributed by atoms with Crippen LogP contribution in [0.3, 0.4) is 0 Å². The highest BCUT2D eigenvalue weighted by atomic mass is 16.0. The van der Waals surface area contributed by atoms with Crippen LogP contribution >= 0.6 is 0 Å². The van der Waals surface area contributed by atoms with Crippen molar-refractivity contribution in [2.45, 2.75) is 13.8 Å². The molecule has 0 rings (SSSR count). The lowest BCUT2D eigenvalue weighted by atomic mass is 10.3. The van der Waals surface area contributed by atoms with Crippen molar-refractivity contribution in [1.29, 1.82) is 0 Å². The lowest BCUT2D eigenvalue weighted by molar-refractivity contribution is 0.824. The Kier molecular flexibility index (Phi) is 7.94. The monoisotopic (exact) mass is 103 g/mol. The molecule has 7 heavy (non-hydrogen) atoms. The van der Waals surface area contributed by atoms with E-state index in [9.17, 15) is 0 Å². The van der Waals surface area contributed by atoms with Crippen LogP contribution in [0.25, 0.3) is 0 Å². The van der Waals surface area contributed by atoms with Gasteiger partial charge in [0.25, 0.3) is 0 Å². The van der Waals surface area contributed by atoms with Gasteiger partial charge in [0.05, 0.1) is 0 Å². The molecule has 0 aliphatic carbocycles. The Labute approximate surface area is 44.3 Å². The Morgan fingerprint density at radius 2 is 2.00 bits per heavy atom. The van der Waals surface area contributed by atoms with Gasteiger partial charge in [-0.3, -0.25) is 0 Å². The summed E-state index contributed by atoms with van der Waals surface area (Å²) in [6.45, 7) is 4.74. The van der Waals surface area contributed by atoms with Crippen LogP contribution in [0.4, 0.5) is 0 Å². The summed E-state index contributed by atoms with van der Waals surface area (Å²) in [5.74, 6) is 0. The van der Waals surface area contributed by atoms with Gasteiger partial charge in [-0.25, -0.2) is 0 Å². The minimum absolute atomic E-state index is 0. The van der Waals surface area contributed by atoms with Crippen molar-refractivity contribution < 1.29 is 5.48 Å². The van der Waals surface area contributed by atoms with Crippen LogP contribution in [0, 0.1) is 0 Å². The van der Waals surface area contributed by atoms with Gasteiger partial charge in [-0.15, -0.1) is 0 Å². The Morgan fingerprint density at radius 3 is 2.00 bits per heavy atom. The molecule has 0 saturated carbocycles. The van der Waals surface area contributed by atoms with Gasteiger partial charge in [-0.2, -0.15) is 0 Å². The number of rotatable bonds is 1. The second-order valence-corrected chi connectivity index (χ2v) is 1.52. The molecular weight excluding hydrogens is 90.1 g/mol. The van der Waals surface area contributed by atoms with Crippen molar-refractivity contribution in [3.63, 3.8) is 0 Å². The van der Waals surface area contributed by atoms with Crippen molar-refractivity contribution in [2.75, 3.05) is 6.54 Å². The van der Waals surface area contributed by atoms with Crippen LogP contribution < -0.4 is 5.73 Å². The second-order valence-electron chi connectivity index (χ2n) is 1.52. The summed E-state index contributed by atoms with van der Waals surface area (Å²) >= 11 is 0. The normalized spacial score (nSPS) is 6.71. The average Bonchev–Trinajstić information content (AvgIpc) is 1.35. The number of hydrogen-bond acceptors (Lipinski definition) is 1. The van der Waals surface area contributed by atoms with Crippen LogP contribution in [0.2, 0.25) is 0 Å². The first-order valence-electron chi connectivity index (χ1n) is 2.11. The Balaban J connectivity index is 0. The summed E-state index contributed by atoms with van der Waals surface area (Å²) in [6.07, 6.45) is 1.99. The maximum atomic E-state index is 5.15. The maximum absolute atomic E-state index is 5.15. The quantitative estimate of drug-likeness (QED) is 0.470. The molecule has 0 bridgehead atoms. The highest BCUT2D eigenvalue weighted by Gasteiger charge is 1.67. The van der Waals surface area contributed by atoms with Gasteiger partial charge in [-0.1, -0.05) is 11.6 Å². The summed E-state index contributed by atoms with van der Waals surface area (Å²) in [5.41, 5.74) is 6.44. The minimum Gasteiger partial charge on any atom is -0.412 e. The molecule has 4 N–H and O–H groups in total. The van der Waals surface area contributed by atoms with E-state index in [1.165, 1.54) is 5.57 Å². The van der Waals surface area contributed by atoms with Crippen molar-refractivity contribution in [1.82, 2.24) is 0 Å². The molecule has 0 aliphatic rings. The van der Waals surface area contributed by atoms with Crippen molar-refractivity contribution in [3.05, 3.63) is 11.6 Å². The Morgan fingerprint density at radius 1 is 1.57 bits per heavy atom. The predicted octanol–water partition coefficient (Wildman–Crippen LogP) is 0.0866. The molecule has 0 atom stereocenters. The summed E-state index contributed by atoms with van der Waals surface area (Å²) in [5, 5.41) is 0. The van der Waals surface area contributed by atoms with E-state index in [1.807, 2.05) is 19.9 Å². The zero-order valence-electron chi connectivity index (χ0n) is 4.86. The number of nitrogens with two attached hydrogens (primary N) is 1. The smallest absolute Gasteiger partial charge is 0.0109 e. The molecular formula is C5H13NO. The predicted molar refractivity (Wildman–Crippen MR) is 32.1 cm³/mol. The largest absolute Gasteiger partial charge is 0.412 e. The third-order valence-corrected chi connectivity index (χ3v) is 0.526. The number of hydrogen-bond donors (Lipinski definition) is 1. The lowest BCUT2D eigenvalue weighted by Gasteiger charge is -1.80. The summed E-state index contributed by atoms with van der Waals surface area (Å²) in [7, 11) is 0. The van der Waals surface area contributed by atoms with E-state index < -0.39 is 0 Å². The molecule has 0 aromatic heterocycles. The van der Waals surface area contributed by atoms with E-state index in [2.05, 4.69) is 0 Å². The number of allylic oxidation sites excluding steroid dienone is 1. The van der Waals surface area contributed by atoms with Crippen LogP contribution in [0.5, 0.6) is 0 Å². The van der Waals surface area contributed by atoms with E-state index >= 15 is 0 Å². The topological polar surface area (TPSA) is 57.5 Å². The third-order valence-electron chi connectivity index (χ3n) is 0.526. The molecule has 0 fully saturated rings. The second kappa shape index (κ2) is 5.66. The lowest BCUT2D eigenvalue weighted by Crippen LogP contribution is -1.92. The van der Waals surface area contributed by atoms with E-state index in [-0.39, 0.29) is 5.48 Å². The molecule has 0 aromatic rings. The van der Waals surface area contributed by atoms with Crippen molar-refractivity contribution in [2.24, 2.45) is 5.73 Å². The van der Waals surface area contributed by atoms with Gasteiger partial charge in [0.15, 0.2) is 0 Å². The molecule has 0 spiro atoms. The van der Waals surface area contributed by atoms with E-state index in [0.29, 0.717) is 6.54 Å². The van der Waals surface area contributed by atoms with Gasteiger partial charge < -0.3 is 11.2 Å². The minimum atomic E-state index is 0. The SMILES string of the molecule is CC(C)=CCN.O. The molecule has 2 nitrogen and oxygen atoms in total. The molecule has 0 aliphatic heterocycles. The van der Waals surface area contributed by atoms with Crippen LogP contribution in [0.1, 0.15) is 13.8 Å². The summed E-state index contributed by atoms with van der Waals surface area (Å²) < 4.78 is 0. The standard InChI is InChI=1S/C5H11N.H2O/c1-5(2)3-4-6;/h3H,4,6H2,1-2H3;1H2. The molecule has 0 saturated heterocycles. The van der Waals surface area contributed by atoms with Crippen LogP contribution in [-0.4, -0.2) is 12.0 Å². The van der Waals surface area contributed by atoms with Gasteiger partial charge in [0, 0.05) is 6.54 Å². The van der Waals surface area contributed by atoms with Gasteiger partial charge in [0.1, 0.15) is 0 Å². The highest BCUT2D eigenvalue weighted by molar-refractivity contribution is 4.93. The van der Waals surface area contributed by atoms with Crippen LogP contribution in [-0.2, 0) is 0 Å². The maximum Gasteiger partial charge on any atom is 0.0109 e. The first-order chi connectivity index (χ1) is 2.77. The fraction of sp³-hybridized carbons (Fsp3) is 0.600. The van der Waals surface area contributed by atoms with Crippen LogP contribution in [0.15, 0.2) is 11.6 Å². The molecule has 44 valence electrons. The van der Waals surface area contributed by atoms with Gasteiger partial charge in [0.2, 0.25) is 0 Å². The fourth-order valence-corrected chi connectivity index (χ4v) is 0.236. The van der Waals surface area contributed by atoms with Crippen molar-refractivity contribution >= 4 is 0 Å². The van der Waals surface area contributed by atoms with Gasteiger partial charge >= 0.3 is 0 Å². The third kappa shape index (κ3) is 10.7.